The zero-order valence-corrected chi connectivity index (χ0v) is 18.3. The topological polar surface area (TPSA) is 106 Å². The third-order valence-corrected chi connectivity index (χ3v) is 4.86. The van der Waals surface area contributed by atoms with Crippen LogP contribution in [0.15, 0.2) is 29.6 Å². The normalized spacial score (nSPS) is 19.1. The molecule has 2 atom stereocenters. The van der Waals surface area contributed by atoms with Gasteiger partial charge in [0.1, 0.15) is 11.4 Å². The highest BCUT2D eigenvalue weighted by Gasteiger charge is 2.32. The third kappa shape index (κ3) is 6.89. The largest absolute Gasteiger partial charge is 0.444 e. The van der Waals surface area contributed by atoms with Gasteiger partial charge in [0.15, 0.2) is 0 Å². The van der Waals surface area contributed by atoms with E-state index in [1.807, 2.05) is 6.08 Å². The number of hydrogen-bond acceptors (Lipinski definition) is 6. The molecule has 2 rings (SSSR count). The number of rotatable bonds is 7. The maximum absolute atomic E-state index is 12.6. The molecule has 0 aliphatic carbocycles. The van der Waals surface area contributed by atoms with E-state index in [-0.39, 0.29) is 23.4 Å². The number of hydrogen-bond donors (Lipinski definition) is 2. The Bertz CT molecular complexity index is 814. The number of aryl methyl sites for hydroxylation is 1. The van der Waals surface area contributed by atoms with Crippen LogP contribution in [-0.4, -0.2) is 53.1 Å². The molecule has 1 aromatic heterocycles. The molecule has 2 unspecified atom stereocenters. The lowest BCUT2D eigenvalue weighted by atomic mass is 9.88. The van der Waals surface area contributed by atoms with Crippen molar-refractivity contribution >= 4 is 17.8 Å². The van der Waals surface area contributed by atoms with E-state index in [0.717, 1.165) is 5.82 Å². The highest BCUT2D eigenvalue weighted by molar-refractivity contribution is 5.79. The van der Waals surface area contributed by atoms with Crippen molar-refractivity contribution in [1.29, 1.82) is 0 Å². The molecule has 1 saturated heterocycles. The minimum atomic E-state index is -0.554. The molecule has 9 nitrogen and oxygen atoms in total. The number of alkyl carbamates (subject to hydrolysis) is 1. The summed E-state index contributed by atoms with van der Waals surface area (Å²) in [6.45, 7) is 10.5. The number of amides is 2. The molecule has 2 heterocycles. The van der Waals surface area contributed by atoms with Crippen LogP contribution in [-0.2, 0) is 16.6 Å². The maximum atomic E-state index is 12.6. The van der Waals surface area contributed by atoms with E-state index in [2.05, 4.69) is 27.2 Å². The summed E-state index contributed by atoms with van der Waals surface area (Å²) in [5.74, 6) is 0.577. The highest BCUT2D eigenvalue weighted by atomic mass is 16.6. The average molecular weight is 420 g/mol. The number of piperidine rings is 1. The smallest absolute Gasteiger partial charge is 0.407 e. The van der Waals surface area contributed by atoms with Crippen LogP contribution in [0.25, 0.3) is 0 Å². The molecule has 2 N–H and O–H groups in total. The first-order valence-electron chi connectivity index (χ1n) is 10.3. The van der Waals surface area contributed by atoms with Crippen molar-refractivity contribution in [2.75, 3.05) is 24.5 Å². The zero-order chi connectivity index (χ0) is 22.3. The van der Waals surface area contributed by atoms with Gasteiger partial charge in [-0.05, 0) is 46.1 Å². The second kappa shape index (κ2) is 10.3. The molecule has 0 saturated carbocycles. The van der Waals surface area contributed by atoms with Crippen LogP contribution in [0.2, 0.25) is 0 Å². The Morgan fingerprint density at radius 3 is 2.63 bits per heavy atom. The van der Waals surface area contributed by atoms with Crippen molar-refractivity contribution in [2.24, 2.45) is 13.0 Å². The summed E-state index contributed by atoms with van der Waals surface area (Å²) < 4.78 is 6.48. The summed E-state index contributed by atoms with van der Waals surface area (Å²) in [4.78, 5) is 38.0. The summed E-state index contributed by atoms with van der Waals surface area (Å²) in [5, 5.41) is 9.87. The molecular formula is C21H33N5O4. The van der Waals surface area contributed by atoms with Gasteiger partial charge in [-0.1, -0.05) is 6.08 Å². The van der Waals surface area contributed by atoms with E-state index >= 15 is 0 Å². The van der Waals surface area contributed by atoms with Gasteiger partial charge in [0.25, 0.3) is 5.56 Å². The Balaban J connectivity index is 1.87. The van der Waals surface area contributed by atoms with Gasteiger partial charge in [0.2, 0.25) is 5.91 Å². The number of aromatic nitrogens is 2. The lowest BCUT2D eigenvalue weighted by Gasteiger charge is -2.39. The van der Waals surface area contributed by atoms with Crippen LogP contribution in [0.5, 0.6) is 0 Å². The first kappa shape index (κ1) is 23.4. The molecule has 9 heteroatoms. The number of nitrogens with one attached hydrogen (secondary N) is 2. The fraction of sp³-hybridized carbons (Fsp3) is 0.619. The Hall–Kier alpha value is -2.84. The summed E-state index contributed by atoms with van der Waals surface area (Å²) in [5.41, 5.74) is -0.713. The minimum Gasteiger partial charge on any atom is -0.444 e. The van der Waals surface area contributed by atoms with Crippen LogP contribution in [0.3, 0.4) is 0 Å². The van der Waals surface area contributed by atoms with Gasteiger partial charge in [-0.25, -0.2) is 9.48 Å². The Morgan fingerprint density at radius 2 is 2.00 bits per heavy atom. The standard InChI is InChI=1S/C21H33N5O4/c1-6-7-16-14-15(10-13-26(16)17-8-9-18(27)25(5)24-17)19(28)22-11-12-23-20(29)30-21(2,3)4/h6,8-9,15-16H,1,7,10-14H2,2-5H3,(H,22,28)(H,23,29). The molecule has 30 heavy (non-hydrogen) atoms. The quantitative estimate of drug-likeness (QED) is 0.514. The molecule has 0 spiro atoms. The lowest BCUT2D eigenvalue weighted by Crippen LogP contribution is -2.48. The third-order valence-electron chi connectivity index (χ3n) is 4.86. The van der Waals surface area contributed by atoms with Crippen LogP contribution < -0.4 is 21.1 Å². The van der Waals surface area contributed by atoms with Crippen molar-refractivity contribution in [1.82, 2.24) is 20.4 Å². The average Bonchev–Trinajstić information content (AvgIpc) is 2.66. The van der Waals surface area contributed by atoms with E-state index in [0.29, 0.717) is 38.9 Å². The number of carbonyl (C=O) groups excluding carboxylic acids is 2. The van der Waals surface area contributed by atoms with Gasteiger partial charge in [0.05, 0.1) is 0 Å². The minimum absolute atomic E-state index is 0.0249. The van der Waals surface area contributed by atoms with Crippen molar-refractivity contribution in [3.05, 3.63) is 35.1 Å². The van der Waals surface area contributed by atoms with Gasteiger partial charge < -0.3 is 20.3 Å². The molecule has 0 bridgehead atoms. The van der Waals surface area contributed by atoms with Crippen molar-refractivity contribution in [2.45, 2.75) is 51.7 Å². The van der Waals surface area contributed by atoms with Crippen molar-refractivity contribution in [3.63, 3.8) is 0 Å². The molecule has 0 radical (unpaired) electrons. The molecule has 1 fully saturated rings. The SMILES string of the molecule is C=CCC1CC(C(=O)NCCNC(=O)OC(C)(C)C)CCN1c1ccc(=O)n(C)n1. The van der Waals surface area contributed by atoms with Gasteiger partial charge in [0, 0.05) is 44.7 Å². The summed E-state index contributed by atoms with van der Waals surface area (Å²) in [7, 11) is 1.62. The number of anilines is 1. The number of nitrogens with zero attached hydrogens (tertiary/aromatic N) is 3. The molecular weight excluding hydrogens is 386 g/mol. The first-order valence-corrected chi connectivity index (χ1v) is 10.3. The second-order valence-electron chi connectivity index (χ2n) is 8.47. The Labute approximate surface area is 177 Å². The lowest BCUT2D eigenvalue weighted by molar-refractivity contribution is -0.125. The fourth-order valence-corrected chi connectivity index (χ4v) is 3.46. The Kier molecular flexibility index (Phi) is 8.02. The summed E-state index contributed by atoms with van der Waals surface area (Å²) in [6.07, 6.45) is 3.41. The van der Waals surface area contributed by atoms with Crippen molar-refractivity contribution in [3.8, 4) is 0 Å². The van der Waals surface area contributed by atoms with E-state index in [1.165, 1.54) is 10.7 Å². The van der Waals surface area contributed by atoms with Crippen LogP contribution in [0.1, 0.15) is 40.0 Å². The van der Waals surface area contributed by atoms with Crippen molar-refractivity contribution < 1.29 is 14.3 Å². The molecule has 166 valence electrons. The highest BCUT2D eigenvalue weighted by Crippen LogP contribution is 2.28. The molecule has 0 aromatic carbocycles. The van der Waals surface area contributed by atoms with E-state index in [1.54, 1.807) is 33.9 Å². The zero-order valence-electron chi connectivity index (χ0n) is 18.3. The number of carbonyl (C=O) groups is 2. The predicted octanol–water partition coefficient (Wildman–Crippen LogP) is 1.58. The first-order chi connectivity index (χ1) is 14.1. The fourth-order valence-electron chi connectivity index (χ4n) is 3.46. The van der Waals surface area contributed by atoms with E-state index < -0.39 is 11.7 Å². The molecule has 2 amide bonds. The second-order valence-corrected chi connectivity index (χ2v) is 8.47. The van der Waals surface area contributed by atoms with Crippen LogP contribution in [0, 0.1) is 5.92 Å². The molecule has 1 aliphatic rings. The van der Waals surface area contributed by atoms with Gasteiger partial charge in [-0.15, -0.1) is 6.58 Å². The monoisotopic (exact) mass is 419 g/mol. The van der Waals surface area contributed by atoms with Gasteiger partial charge >= 0.3 is 6.09 Å². The maximum Gasteiger partial charge on any atom is 0.407 e. The molecule has 1 aromatic rings. The van der Waals surface area contributed by atoms with Crippen LogP contribution >= 0.6 is 0 Å². The number of ether oxygens (including phenoxy) is 1. The van der Waals surface area contributed by atoms with E-state index in [9.17, 15) is 14.4 Å². The van der Waals surface area contributed by atoms with E-state index in [4.69, 9.17) is 4.74 Å². The van der Waals surface area contributed by atoms with Crippen LogP contribution in [0.4, 0.5) is 10.6 Å². The molecule has 1 aliphatic heterocycles. The van der Waals surface area contributed by atoms with Gasteiger partial charge in [-0.3, -0.25) is 9.59 Å². The van der Waals surface area contributed by atoms with Gasteiger partial charge in [-0.2, -0.15) is 5.10 Å². The summed E-state index contributed by atoms with van der Waals surface area (Å²) >= 11 is 0. The predicted molar refractivity (Wildman–Crippen MR) is 115 cm³/mol. The Morgan fingerprint density at radius 1 is 1.30 bits per heavy atom. The summed E-state index contributed by atoms with van der Waals surface area (Å²) in [6, 6.07) is 3.31.